The zero-order valence-electron chi connectivity index (χ0n) is 4.93. The van der Waals surface area contributed by atoms with E-state index in [0.29, 0.717) is 0 Å². The van der Waals surface area contributed by atoms with Crippen LogP contribution >= 0.6 is 0 Å². The van der Waals surface area contributed by atoms with E-state index in [9.17, 15) is 0 Å². The van der Waals surface area contributed by atoms with E-state index < -0.39 is 0 Å². The molecule has 0 amide bonds. The van der Waals surface area contributed by atoms with Crippen molar-refractivity contribution in [2.75, 3.05) is 0 Å². The molecule has 0 saturated carbocycles. The summed E-state index contributed by atoms with van der Waals surface area (Å²) >= 11 is 0. The van der Waals surface area contributed by atoms with Crippen molar-refractivity contribution < 1.29 is 0 Å². The van der Waals surface area contributed by atoms with Crippen LogP contribution in [-0.2, 0) is 0 Å². The molecule has 0 bridgehead atoms. The van der Waals surface area contributed by atoms with Crippen LogP contribution in [0.15, 0.2) is 24.3 Å². The fourth-order valence-corrected chi connectivity index (χ4v) is 0.704. The zero-order valence-corrected chi connectivity index (χ0v) is 4.93. The fraction of sp³-hybridized carbons (Fsp3) is 0.375. The lowest BCUT2D eigenvalue weighted by atomic mass is 10.1. The molecular weight excluding hydrogens is 96.1 g/mol. The van der Waals surface area contributed by atoms with Gasteiger partial charge in [0.25, 0.3) is 0 Å². The minimum absolute atomic E-state index is 1.11. The maximum atomic E-state index is 3.16. The third-order valence-corrected chi connectivity index (χ3v) is 1.15. The van der Waals surface area contributed by atoms with E-state index in [4.69, 9.17) is 0 Å². The van der Waals surface area contributed by atoms with Gasteiger partial charge in [-0.25, -0.2) is 0 Å². The summed E-state index contributed by atoms with van der Waals surface area (Å²) in [7, 11) is 0. The lowest BCUT2D eigenvalue weighted by molar-refractivity contribution is 0.839. The summed E-state index contributed by atoms with van der Waals surface area (Å²) < 4.78 is 0. The Labute approximate surface area is 50.9 Å². The van der Waals surface area contributed by atoms with E-state index in [2.05, 4.69) is 18.6 Å². The molecule has 0 saturated heterocycles. The molecule has 1 aliphatic rings. The highest BCUT2D eigenvalue weighted by Gasteiger charge is 1.85. The van der Waals surface area contributed by atoms with E-state index in [0.717, 1.165) is 6.42 Å². The van der Waals surface area contributed by atoms with Crippen LogP contribution in [0, 0.1) is 6.42 Å². The van der Waals surface area contributed by atoms with Crippen molar-refractivity contribution in [2.24, 2.45) is 0 Å². The van der Waals surface area contributed by atoms with Crippen LogP contribution < -0.4 is 0 Å². The molecule has 0 aromatic carbocycles. The molecule has 8 heavy (non-hydrogen) atoms. The van der Waals surface area contributed by atoms with Gasteiger partial charge < -0.3 is 0 Å². The average molecular weight is 106 g/mol. The molecule has 0 atom stereocenters. The van der Waals surface area contributed by atoms with Crippen LogP contribution in [0.25, 0.3) is 0 Å². The number of allylic oxidation sites excluding steroid dienone is 4. The van der Waals surface area contributed by atoms with Gasteiger partial charge >= 0.3 is 0 Å². The van der Waals surface area contributed by atoms with Gasteiger partial charge in [-0.1, -0.05) is 24.3 Å². The second kappa shape index (κ2) is 3.48. The Morgan fingerprint density at radius 3 is 3.25 bits per heavy atom. The van der Waals surface area contributed by atoms with Crippen molar-refractivity contribution in [3.63, 3.8) is 0 Å². The molecule has 0 heterocycles. The van der Waals surface area contributed by atoms with E-state index in [1.165, 1.54) is 12.8 Å². The quantitative estimate of drug-likeness (QED) is 0.444. The topological polar surface area (TPSA) is 0 Å². The molecule has 0 unspecified atom stereocenters. The highest BCUT2D eigenvalue weighted by molar-refractivity contribution is 5.08. The normalized spacial score (nSPS) is 28.0. The maximum Gasteiger partial charge on any atom is 0.00843 e. The second-order valence-electron chi connectivity index (χ2n) is 1.88. The van der Waals surface area contributed by atoms with E-state index in [-0.39, 0.29) is 0 Å². The van der Waals surface area contributed by atoms with Crippen LogP contribution in [0.3, 0.4) is 0 Å². The van der Waals surface area contributed by atoms with Gasteiger partial charge in [-0.15, -0.1) is 0 Å². The molecule has 0 N–H and O–H groups in total. The summed E-state index contributed by atoms with van der Waals surface area (Å²) in [4.78, 5) is 0. The largest absolute Gasteiger partial charge is 0.0845 e. The van der Waals surface area contributed by atoms with Gasteiger partial charge in [0, 0.05) is 6.42 Å². The summed E-state index contributed by atoms with van der Waals surface area (Å²) in [5.41, 5.74) is 0. The summed E-state index contributed by atoms with van der Waals surface area (Å²) in [5.74, 6) is 0. The third-order valence-electron chi connectivity index (χ3n) is 1.15. The van der Waals surface area contributed by atoms with Crippen molar-refractivity contribution in [2.45, 2.75) is 19.3 Å². The molecule has 0 spiro atoms. The molecule has 0 heteroatoms. The van der Waals surface area contributed by atoms with Crippen LogP contribution in [-0.4, -0.2) is 0 Å². The molecule has 0 fully saturated rings. The van der Waals surface area contributed by atoms with E-state index in [1.54, 1.807) is 0 Å². The van der Waals surface area contributed by atoms with Crippen molar-refractivity contribution in [1.82, 2.24) is 0 Å². The molecule has 2 radical (unpaired) electrons. The highest BCUT2D eigenvalue weighted by Crippen LogP contribution is 2.03. The predicted octanol–water partition coefficient (Wildman–Crippen LogP) is 2.36. The Hall–Kier alpha value is -0.520. The molecule has 0 aromatic rings. The first kappa shape index (κ1) is 5.61. The number of hydrogen-bond acceptors (Lipinski definition) is 0. The first-order valence-electron chi connectivity index (χ1n) is 3.05. The van der Waals surface area contributed by atoms with Gasteiger partial charge in [-0.3, -0.25) is 0 Å². The Morgan fingerprint density at radius 1 is 1.25 bits per heavy atom. The van der Waals surface area contributed by atoms with Gasteiger partial charge in [0.15, 0.2) is 0 Å². The van der Waals surface area contributed by atoms with Crippen molar-refractivity contribution in [3.05, 3.63) is 30.7 Å². The highest BCUT2D eigenvalue weighted by atomic mass is 13.9. The first-order chi connectivity index (χ1) is 4.00. The Morgan fingerprint density at radius 2 is 2.25 bits per heavy atom. The van der Waals surface area contributed by atoms with Gasteiger partial charge in [-0.05, 0) is 19.3 Å². The van der Waals surface area contributed by atoms with Crippen LogP contribution in [0.4, 0.5) is 0 Å². The molecule has 1 aliphatic carbocycles. The van der Waals surface area contributed by atoms with Crippen molar-refractivity contribution in [3.8, 4) is 0 Å². The fourth-order valence-electron chi connectivity index (χ4n) is 0.704. The minimum Gasteiger partial charge on any atom is -0.0845 e. The summed E-state index contributed by atoms with van der Waals surface area (Å²) in [6, 6.07) is 0. The Balaban J connectivity index is 2.33. The summed E-state index contributed by atoms with van der Waals surface area (Å²) in [6.07, 6.45) is 15.0. The number of rotatable bonds is 0. The number of hydrogen-bond donors (Lipinski definition) is 0. The zero-order chi connectivity index (χ0) is 5.66. The molecule has 0 aliphatic heterocycles. The Kier molecular flexibility index (Phi) is 2.44. The Bertz CT molecular complexity index is 84.6. The monoisotopic (exact) mass is 106 g/mol. The standard InChI is InChI=1S/C8H10/c1-2-4-6-8-7-5-3-1/h1-4H,5,7-8H2/b3-1-,4-2-. The molecule has 0 aromatic heterocycles. The third kappa shape index (κ3) is 1.97. The van der Waals surface area contributed by atoms with E-state index in [1.807, 2.05) is 12.2 Å². The van der Waals surface area contributed by atoms with Crippen LogP contribution in [0.2, 0.25) is 0 Å². The summed E-state index contributed by atoms with van der Waals surface area (Å²) in [5, 5.41) is 0. The SMILES string of the molecule is [C]1/C=C\C=C/CCC1. The van der Waals surface area contributed by atoms with Crippen molar-refractivity contribution in [1.29, 1.82) is 0 Å². The molecule has 42 valence electrons. The van der Waals surface area contributed by atoms with Gasteiger partial charge in [0.2, 0.25) is 0 Å². The van der Waals surface area contributed by atoms with E-state index >= 15 is 0 Å². The average Bonchev–Trinajstić information content (AvgIpc) is 1.62. The molecular formula is C8H10. The summed E-state index contributed by atoms with van der Waals surface area (Å²) in [6.45, 7) is 0. The molecule has 0 nitrogen and oxygen atoms in total. The second-order valence-corrected chi connectivity index (χ2v) is 1.88. The van der Waals surface area contributed by atoms with Gasteiger partial charge in [-0.2, -0.15) is 0 Å². The van der Waals surface area contributed by atoms with Crippen molar-refractivity contribution >= 4 is 0 Å². The smallest absolute Gasteiger partial charge is 0.00843 e. The van der Waals surface area contributed by atoms with Crippen LogP contribution in [0.5, 0.6) is 0 Å². The first-order valence-corrected chi connectivity index (χ1v) is 3.05. The lowest BCUT2D eigenvalue weighted by Crippen LogP contribution is -1.75. The minimum atomic E-state index is 1.11. The maximum absolute atomic E-state index is 3.16. The van der Waals surface area contributed by atoms with Gasteiger partial charge in [0.1, 0.15) is 0 Å². The van der Waals surface area contributed by atoms with Crippen LogP contribution in [0.1, 0.15) is 19.3 Å². The lowest BCUT2D eigenvalue weighted by Gasteiger charge is -1.93. The van der Waals surface area contributed by atoms with Gasteiger partial charge in [0.05, 0.1) is 0 Å². The molecule has 1 rings (SSSR count). The predicted molar refractivity (Wildman–Crippen MR) is 35.4 cm³/mol.